The number of carbonyl (C=O) groups excluding carboxylic acids is 3. The van der Waals surface area contributed by atoms with Gasteiger partial charge in [0.25, 0.3) is 0 Å². The van der Waals surface area contributed by atoms with Crippen LogP contribution in [0.4, 0.5) is 5.69 Å². The first-order valence-corrected chi connectivity index (χ1v) is 5.00. The van der Waals surface area contributed by atoms with Crippen molar-refractivity contribution in [2.24, 2.45) is 15.0 Å². The van der Waals surface area contributed by atoms with Crippen LogP contribution in [0.15, 0.2) is 27.1 Å². The highest BCUT2D eigenvalue weighted by molar-refractivity contribution is 5.60. The van der Waals surface area contributed by atoms with Crippen LogP contribution in [0.3, 0.4) is 0 Å². The zero-order chi connectivity index (χ0) is 13.4. The number of rotatable bonds is 5. The molecule has 18 heavy (non-hydrogen) atoms. The minimum Gasteiger partial charge on any atom is -0.211 e. The molecule has 0 aliphatic heterocycles. The molecule has 0 saturated carbocycles. The molecule has 0 atom stereocenters. The van der Waals surface area contributed by atoms with Crippen molar-refractivity contribution < 1.29 is 14.4 Å². The van der Waals surface area contributed by atoms with Gasteiger partial charge >= 0.3 is 0 Å². The van der Waals surface area contributed by atoms with Gasteiger partial charge in [0.1, 0.15) is 0 Å². The van der Waals surface area contributed by atoms with Crippen LogP contribution in [0.25, 0.3) is 0 Å². The van der Waals surface area contributed by atoms with Gasteiger partial charge in [-0.05, 0) is 24.1 Å². The molecule has 1 aromatic carbocycles. The van der Waals surface area contributed by atoms with Crippen molar-refractivity contribution >= 4 is 23.9 Å². The summed E-state index contributed by atoms with van der Waals surface area (Å²) in [5, 5.41) is 0. The molecule has 6 nitrogen and oxygen atoms in total. The van der Waals surface area contributed by atoms with Crippen molar-refractivity contribution in [3.8, 4) is 0 Å². The predicted octanol–water partition coefficient (Wildman–Crippen LogP) is 1.63. The number of nitrogens with zero attached hydrogens (tertiary/aromatic N) is 3. The smallest absolute Gasteiger partial charge is 0.211 e. The van der Waals surface area contributed by atoms with Gasteiger partial charge in [-0.1, -0.05) is 6.07 Å². The Labute approximate surface area is 103 Å². The fourth-order valence-corrected chi connectivity index (χ4v) is 1.59. The first-order chi connectivity index (χ1) is 8.72. The van der Waals surface area contributed by atoms with Crippen molar-refractivity contribution in [1.82, 2.24) is 0 Å². The maximum Gasteiger partial charge on any atom is 0.240 e. The standard InChI is InChI=1S/C12H9N3O3/c1-9-2-10(4-13-6-16)3-11(5-14-7-17)12(9)15-8-18/h2-3H,4-5H2,1H3. The number of benzene rings is 1. The lowest BCUT2D eigenvalue weighted by Gasteiger charge is -2.07. The maximum atomic E-state index is 10.3. The highest BCUT2D eigenvalue weighted by Crippen LogP contribution is 2.26. The second-order valence-electron chi connectivity index (χ2n) is 3.44. The van der Waals surface area contributed by atoms with Crippen LogP contribution < -0.4 is 0 Å². The van der Waals surface area contributed by atoms with Gasteiger partial charge in [0.05, 0.1) is 18.8 Å². The average Bonchev–Trinajstić information content (AvgIpc) is 2.37. The first kappa shape index (κ1) is 13.4. The van der Waals surface area contributed by atoms with Crippen LogP contribution in [0, 0.1) is 6.92 Å². The molecule has 0 bridgehead atoms. The summed E-state index contributed by atoms with van der Waals surface area (Å²) in [5.41, 5.74) is 2.46. The molecule has 0 unspecified atom stereocenters. The van der Waals surface area contributed by atoms with Crippen molar-refractivity contribution in [2.75, 3.05) is 0 Å². The Balaban J connectivity index is 3.29. The molecule has 0 N–H and O–H groups in total. The van der Waals surface area contributed by atoms with Gasteiger partial charge in [-0.25, -0.2) is 24.4 Å². The molecular weight excluding hydrogens is 234 g/mol. The zero-order valence-electron chi connectivity index (χ0n) is 9.64. The lowest BCUT2D eigenvalue weighted by molar-refractivity contribution is 0.562. The lowest BCUT2D eigenvalue weighted by atomic mass is 10.0. The Hall–Kier alpha value is -2.64. The summed E-state index contributed by atoms with van der Waals surface area (Å²) in [6.07, 6.45) is 4.31. The normalized spacial score (nSPS) is 8.72. The number of hydrogen-bond acceptors (Lipinski definition) is 6. The summed E-state index contributed by atoms with van der Waals surface area (Å²) in [4.78, 5) is 41.0. The SMILES string of the molecule is Cc1cc(CN=C=O)cc(CN=C=O)c1N=C=O. The van der Waals surface area contributed by atoms with E-state index in [1.54, 1.807) is 19.1 Å². The average molecular weight is 243 g/mol. The van der Waals surface area contributed by atoms with Crippen molar-refractivity contribution in [2.45, 2.75) is 20.0 Å². The van der Waals surface area contributed by atoms with Crippen LogP contribution in [0.1, 0.15) is 16.7 Å². The van der Waals surface area contributed by atoms with Gasteiger partial charge in [-0.2, -0.15) is 4.99 Å². The lowest BCUT2D eigenvalue weighted by Crippen LogP contribution is -1.91. The van der Waals surface area contributed by atoms with Gasteiger partial charge in [0.15, 0.2) is 0 Å². The van der Waals surface area contributed by atoms with E-state index in [2.05, 4.69) is 15.0 Å². The van der Waals surface area contributed by atoms with Gasteiger partial charge in [-0.15, -0.1) is 0 Å². The van der Waals surface area contributed by atoms with E-state index in [0.29, 0.717) is 16.8 Å². The fourth-order valence-electron chi connectivity index (χ4n) is 1.59. The van der Waals surface area contributed by atoms with E-state index in [-0.39, 0.29) is 13.1 Å². The molecule has 0 amide bonds. The van der Waals surface area contributed by atoms with E-state index in [4.69, 9.17) is 0 Å². The van der Waals surface area contributed by atoms with Crippen LogP contribution in [-0.2, 0) is 27.5 Å². The predicted molar refractivity (Wildman–Crippen MR) is 62.6 cm³/mol. The molecule has 0 fully saturated rings. The van der Waals surface area contributed by atoms with Crippen molar-refractivity contribution in [3.63, 3.8) is 0 Å². The summed E-state index contributed by atoms with van der Waals surface area (Å²) < 4.78 is 0. The number of aliphatic imine (C=N–C) groups is 3. The van der Waals surface area contributed by atoms with Gasteiger partial charge < -0.3 is 0 Å². The maximum absolute atomic E-state index is 10.3. The summed E-state index contributed by atoms with van der Waals surface area (Å²) >= 11 is 0. The first-order valence-electron chi connectivity index (χ1n) is 5.00. The highest BCUT2D eigenvalue weighted by atomic mass is 16.1. The molecule has 0 saturated heterocycles. The van der Waals surface area contributed by atoms with E-state index in [9.17, 15) is 14.4 Å². The number of aryl methyl sites for hydroxylation is 1. The Bertz CT molecular complexity index is 591. The molecule has 0 aliphatic carbocycles. The fraction of sp³-hybridized carbons (Fsp3) is 0.250. The third-order valence-electron chi connectivity index (χ3n) is 2.24. The Morgan fingerprint density at radius 3 is 2.28 bits per heavy atom. The second-order valence-corrected chi connectivity index (χ2v) is 3.44. The van der Waals surface area contributed by atoms with Crippen molar-refractivity contribution in [3.05, 3.63) is 28.8 Å². The third-order valence-corrected chi connectivity index (χ3v) is 2.24. The molecule has 6 heteroatoms. The van der Waals surface area contributed by atoms with Crippen LogP contribution in [0.5, 0.6) is 0 Å². The summed E-state index contributed by atoms with van der Waals surface area (Å²) in [7, 11) is 0. The minimum absolute atomic E-state index is 0.0590. The van der Waals surface area contributed by atoms with Crippen LogP contribution in [0.2, 0.25) is 0 Å². The van der Waals surface area contributed by atoms with E-state index in [1.165, 1.54) is 18.2 Å². The topological polar surface area (TPSA) is 88.3 Å². The number of hydrogen-bond donors (Lipinski definition) is 0. The molecule has 0 radical (unpaired) electrons. The summed E-state index contributed by atoms with van der Waals surface area (Å²) in [6.45, 7) is 1.98. The quantitative estimate of drug-likeness (QED) is 0.581. The Morgan fingerprint density at radius 1 is 1.00 bits per heavy atom. The molecule has 90 valence electrons. The van der Waals surface area contributed by atoms with E-state index in [1.807, 2.05) is 0 Å². The van der Waals surface area contributed by atoms with E-state index in [0.717, 1.165) is 5.56 Å². The van der Waals surface area contributed by atoms with Crippen LogP contribution >= 0.6 is 0 Å². The van der Waals surface area contributed by atoms with Gasteiger partial charge in [0.2, 0.25) is 18.2 Å². The molecule has 0 heterocycles. The monoisotopic (exact) mass is 243 g/mol. The number of isocyanates is 3. The summed E-state index contributed by atoms with van der Waals surface area (Å²) in [5.74, 6) is 0. The minimum atomic E-state index is 0.0590. The van der Waals surface area contributed by atoms with E-state index < -0.39 is 0 Å². The molecule has 0 aromatic heterocycles. The summed E-state index contributed by atoms with van der Waals surface area (Å²) in [6, 6.07) is 3.41. The Kier molecular flexibility index (Phi) is 5.10. The molecule has 1 aromatic rings. The molecule has 0 aliphatic rings. The molecule has 1 rings (SSSR count). The zero-order valence-corrected chi connectivity index (χ0v) is 9.64. The van der Waals surface area contributed by atoms with Crippen LogP contribution in [-0.4, -0.2) is 18.2 Å². The second kappa shape index (κ2) is 6.84. The molecule has 0 spiro atoms. The Morgan fingerprint density at radius 2 is 1.67 bits per heavy atom. The van der Waals surface area contributed by atoms with E-state index >= 15 is 0 Å². The largest absolute Gasteiger partial charge is 0.240 e. The van der Waals surface area contributed by atoms with Gasteiger partial charge in [0, 0.05) is 5.56 Å². The molecular formula is C12H9N3O3. The van der Waals surface area contributed by atoms with Gasteiger partial charge in [-0.3, -0.25) is 0 Å². The van der Waals surface area contributed by atoms with Crippen molar-refractivity contribution in [1.29, 1.82) is 0 Å². The highest BCUT2D eigenvalue weighted by Gasteiger charge is 2.07. The third kappa shape index (κ3) is 3.44.